The van der Waals surface area contributed by atoms with Crippen molar-refractivity contribution in [2.45, 2.75) is 44.6 Å². The molecule has 1 aromatic rings. The fraction of sp³-hybridized carbons (Fsp3) is 0.600. The minimum atomic E-state index is -0.306. The van der Waals surface area contributed by atoms with Gasteiger partial charge in [-0.15, -0.1) is 0 Å². The number of methoxy groups -OCH3 is 1. The highest BCUT2D eigenvalue weighted by molar-refractivity contribution is 5.29. The van der Waals surface area contributed by atoms with Gasteiger partial charge in [0.2, 0.25) is 0 Å². The summed E-state index contributed by atoms with van der Waals surface area (Å²) in [6.07, 6.45) is 5.95. The van der Waals surface area contributed by atoms with Gasteiger partial charge in [-0.05, 0) is 49.3 Å². The van der Waals surface area contributed by atoms with Gasteiger partial charge in [0.1, 0.15) is 0 Å². The van der Waals surface area contributed by atoms with E-state index in [0.29, 0.717) is 5.92 Å². The highest BCUT2D eigenvalue weighted by atomic mass is 19.1. The second kappa shape index (κ2) is 6.19. The molecule has 3 heteroatoms. The lowest BCUT2D eigenvalue weighted by Gasteiger charge is -2.27. The number of benzene rings is 1. The molecule has 18 heavy (non-hydrogen) atoms. The van der Waals surface area contributed by atoms with Crippen molar-refractivity contribution < 1.29 is 14.2 Å². The first-order valence-electron chi connectivity index (χ1n) is 6.71. The predicted octanol–water partition coefficient (Wildman–Crippen LogP) is 3.32. The van der Waals surface area contributed by atoms with Gasteiger partial charge in [0, 0.05) is 0 Å². The van der Waals surface area contributed by atoms with E-state index in [1.165, 1.54) is 19.6 Å². The third kappa shape index (κ3) is 3.22. The molecular formula is C15H21FO2. The highest BCUT2D eigenvalue weighted by Crippen LogP contribution is 2.28. The third-order valence-electron chi connectivity index (χ3n) is 3.89. The molecule has 2 unspecified atom stereocenters. The number of rotatable bonds is 4. The van der Waals surface area contributed by atoms with E-state index in [4.69, 9.17) is 4.74 Å². The van der Waals surface area contributed by atoms with E-state index in [2.05, 4.69) is 0 Å². The number of aliphatic hydroxyl groups is 1. The first-order valence-corrected chi connectivity index (χ1v) is 6.71. The average Bonchev–Trinajstić information content (AvgIpc) is 2.38. The largest absolute Gasteiger partial charge is 0.494 e. The molecule has 0 bridgehead atoms. The van der Waals surface area contributed by atoms with Crippen molar-refractivity contribution in [1.82, 2.24) is 0 Å². The first kappa shape index (κ1) is 13.3. The Balaban J connectivity index is 1.91. The number of aryl methyl sites for hydroxylation is 1. The van der Waals surface area contributed by atoms with Gasteiger partial charge >= 0.3 is 0 Å². The molecule has 100 valence electrons. The van der Waals surface area contributed by atoms with E-state index in [-0.39, 0.29) is 17.7 Å². The van der Waals surface area contributed by atoms with Gasteiger partial charge in [-0.1, -0.05) is 18.9 Å². The van der Waals surface area contributed by atoms with Crippen LogP contribution in [0.1, 0.15) is 37.7 Å². The van der Waals surface area contributed by atoms with Gasteiger partial charge in [0.05, 0.1) is 13.2 Å². The molecule has 2 atom stereocenters. The van der Waals surface area contributed by atoms with E-state index in [0.717, 1.165) is 37.7 Å². The summed E-state index contributed by atoms with van der Waals surface area (Å²) in [4.78, 5) is 0. The van der Waals surface area contributed by atoms with E-state index in [1.807, 2.05) is 6.07 Å². The van der Waals surface area contributed by atoms with Crippen molar-refractivity contribution in [1.29, 1.82) is 0 Å². The van der Waals surface area contributed by atoms with Crippen molar-refractivity contribution in [2.75, 3.05) is 7.11 Å². The molecule has 1 N–H and O–H groups in total. The zero-order valence-electron chi connectivity index (χ0n) is 10.9. The SMILES string of the molecule is COc1ccc(CCC2CCCCC2O)cc1F. The van der Waals surface area contributed by atoms with Crippen LogP contribution < -0.4 is 4.74 Å². The fourth-order valence-electron chi connectivity index (χ4n) is 2.74. The molecule has 1 fully saturated rings. The van der Waals surface area contributed by atoms with E-state index < -0.39 is 0 Å². The van der Waals surface area contributed by atoms with Crippen molar-refractivity contribution in [2.24, 2.45) is 5.92 Å². The van der Waals surface area contributed by atoms with Gasteiger partial charge in [0.25, 0.3) is 0 Å². The molecule has 0 amide bonds. The Labute approximate surface area is 108 Å². The van der Waals surface area contributed by atoms with E-state index in [9.17, 15) is 9.50 Å². The quantitative estimate of drug-likeness (QED) is 0.890. The number of hydrogen-bond donors (Lipinski definition) is 1. The highest BCUT2D eigenvalue weighted by Gasteiger charge is 2.22. The summed E-state index contributed by atoms with van der Waals surface area (Å²) in [5.74, 6) is 0.361. The minimum Gasteiger partial charge on any atom is -0.494 e. The molecule has 1 aliphatic rings. The Morgan fingerprint density at radius 2 is 2.11 bits per heavy atom. The molecule has 0 aromatic heterocycles. The molecule has 0 saturated heterocycles. The molecular weight excluding hydrogens is 231 g/mol. The Hall–Kier alpha value is -1.09. The van der Waals surface area contributed by atoms with Crippen molar-refractivity contribution in [3.05, 3.63) is 29.6 Å². The maximum absolute atomic E-state index is 13.5. The molecule has 0 spiro atoms. The smallest absolute Gasteiger partial charge is 0.165 e. The van der Waals surface area contributed by atoms with Gasteiger partial charge in [-0.25, -0.2) is 4.39 Å². The zero-order chi connectivity index (χ0) is 13.0. The van der Waals surface area contributed by atoms with Crippen LogP contribution in [0.15, 0.2) is 18.2 Å². The van der Waals surface area contributed by atoms with Crippen LogP contribution in [0, 0.1) is 11.7 Å². The van der Waals surface area contributed by atoms with Crippen LogP contribution in [0.5, 0.6) is 5.75 Å². The molecule has 2 rings (SSSR count). The van der Waals surface area contributed by atoms with Crippen LogP contribution in [-0.2, 0) is 6.42 Å². The summed E-state index contributed by atoms with van der Waals surface area (Å²) in [7, 11) is 1.47. The second-order valence-corrected chi connectivity index (χ2v) is 5.12. The van der Waals surface area contributed by atoms with Gasteiger partial charge in [-0.3, -0.25) is 0 Å². The van der Waals surface area contributed by atoms with Crippen molar-refractivity contribution in [3.63, 3.8) is 0 Å². The van der Waals surface area contributed by atoms with Crippen LogP contribution >= 0.6 is 0 Å². The summed E-state index contributed by atoms with van der Waals surface area (Å²) in [6.45, 7) is 0. The first-order chi connectivity index (χ1) is 8.70. The van der Waals surface area contributed by atoms with Gasteiger partial charge < -0.3 is 9.84 Å². The lowest BCUT2D eigenvalue weighted by atomic mass is 9.83. The summed E-state index contributed by atoms with van der Waals surface area (Å²) < 4.78 is 18.4. The summed E-state index contributed by atoms with van der Waals surface area (Å²) in [5, 5.41) is 9.89. The zero-order valence-corrected chi connectivity index (χ0v) is 10.9. The Kier molecular flexibility index (Phi) is 4.59. The van der Waals surface area contributed by atoms with Crippen LogP contribution in [0.4, 0.5) is 4.39 Å². The molecule has 1 aliphatic carbocycles. The number of aliphatic hydroxyl groups excluding tert-OH is 1. The Bertz CT molecular complexity index is 392. The fourth-order valence-corrected chi connectivity index (χ4v) is 2.74. The lowest BCUT2D eigenvalue weighted by Crippen LogP contribution is -2.24. The summed E-state index contributed by atoms with van der Waals surface area (Å²) in [6, 6.07) is 5.10. The second-order valence-electron chi connectivity index (χ2n) is 5.12. The third-order valence-corrected chi connectivity index (χ3v) is 3.89. The number of halogens is 1. The van der Waals surface area contributed by atoms with Crippen molar-refractivity contribution >= 4 is 0 Å². The Morgan fingerprint density at radius 1 is 1.33 bits per heavy atom. The van der Waals surface area contributed by atoms with Gasteiger partial charge in [0.15, 0.2) is 11.6 Å². The minimum absolute atomic E-state index is 0.165. The van der Waals surface area contributed by atoms with E-state index >= 15 is 0 Å². The van der Waals surface area contributed by atoms with Crippen LogP contribution in [-0.4, -0.2) is 18.3 Å². The average molecular weight is 252 g/mol. The molecule has 2 nitrogen and oxygen atoms in total. The monoisotopic (exact) mass is 252 g/mol. The van der Waals surface area contributed by atoms with Crippen molar-refractivity contribution in [3.8, 4) is 5.75 Å². The van der Waals surface area contributed by atoms with Gasteiger partial charge in [-0.2, -0.15) is 0 Å². The summed E-state index contributed by atoms with van der Waals surface area (Å²) >= 11 is 0. The molecule has 1 saturated carbocycles. The summed E-state index contributed by atoms with van der Waals surface area (Å²) in [5.41, 5.74) is 0.978. The number of hydrogen-bond acceptors (Lipinski definition) is 2. The molecule has 0 radical (unpaired) electrons. The van der Waals surface area contributed by atoms with E-state index in [1.54, 1.807) is 6.07 Å². The van der Waals surface area contributed by atoms with Crippen LogP contribution in [0.25, 0.3) is 0 Å². The molecule has 0 aliphatic heterocycles. The maximum Gasteiger partial charge on any atom is 0.165 e. The molecule has 0 heterocycles. The van der Waals surface area contributed by atoms with Crippen LogP contribution in [0.3, 0.4) is 0 Å². The number of ether oxygens (including phenoxy) is 1. The molecule has 1 aromatic carbocycles. The maximum atomic E-state index is 13.5. The Morgan fingerprint density at radius 3 is 2.78 bits per heavy atom. The topological polar surface area (TPSA) is 29.5 Å². The standard InChI is InChI=1S/C15H21FO2/c1-18-15-9-7-11(10-13(15)16)6-8-12-4-2-3-5-14(12)17/h7,9-10,12,14,17H,2-6,8H2,1H3. The van der Waals surface area contributed by atoms with Crippen LogP contribution in [0.2, 0.25) is 0 Å². The lowest BCUT2D eigenvalue weighted by molar-refractivity contribution is 0.0655. The normalized spacial score (nSPS) is 23.9. The predicted molar refractivity (Wildman–Crippen MR) is 69.2 cm³/mol.